The van der Waals surface area contributed by atoms with Crippen molar-refractivity contribution >= 4 is 101 Å². The fraction of sp³-hybridized carbons (Fsp3) is 0.671. The number of unbranched alkanes of at least 4 members (excludes halogenated alkanes) is 2. The number of carbonyl (C=O) groups is 16. The van der Waals surface area contributed by atoms with E-state index >= 15 is 0 Å². The van der Waals surface area contributed by atoms with E-state index in [4.69, 9.17) is 28.7 Å². The van der Waals surface area contributed by atoms with Crippen molar-refractivity contribution in [3.05, 3.63) is 35.9 Å². The number of nitrogens with one attached hydrogen (secondary N) is 13. The molecular weight excluding hydrogens is 1380 g/mol. The summed E-state index contributed by atoms with van der Waals surface area (Å²) in [6.45, 7) is 14.9. The summed E-state index contributed by atoms with van der Waals surface area (Å²) in [5.74, 6) is -15.8. The van der Waals surface area contributed by atoms with Gasteiger partial charge in [0.2, 0.25) is 88.6 Å². The Balaban J connectivity index is 2.62. The summed E-state index contributed by atoms with van der Waals surface area (Å²) in [5, 5.41) is 43.6. The lowest BCUT2D eigenvalue weighted by atomic mass is 9.94. The number of carboxylic acids is 1. The second kappa shape index (κ2) is 48.9. The van der Waals surface area contributed by atoms with Crippen LogP contribution in [-0.2, 0) is 83.1 Å². The second-order valence-electron chi connectivity index (χ2n) is 27.3. The highest BCUT2D eigenvalue weighted by atomic mass is 16.4. The van der Waals surface area contributed by atoms with Gasteiger partial charge in [0.25, 0.3) is 0 Å². The summed E-state index contributed by atoms with van der Waals surface area (Å²) >= 11 is 0. The van der Waals surface area contributed by atoms with E-state index in [-0.39, 0.29) is 114 Å². The molecule has 0 aliphatic carbocycles. The number of rotatable bonds is 42. The van der Waals surface area contributed by atoms with Gasteiger partial charge in [0.15, 0.2) is 5.96 Å². The summed E-state index contributed by atoms with van der Waals surface area (Å²) < 4.78 is 0. The van der Waals surface area contributed by atoms with Gasteiger partial charge >= 0.3 is 5.97 Å². The van der Waals surface area contributed by atoms with E-state index < -0.39 is 192 Å². The van der Waals surface area contributed by atoms with Crippen LogP contribution >= 0.6 is 0 Å². The molecule has 1 saturated heterocycles. The monoisotopic (exact) mass is 1500 g/mol. The zero-order valence-electron chi connectivity index (χ0n) is 62.6. The van der Waals surface area contributed by atoms with Gasteiger partial charge in [0, 0.05) is 39.3 Å². The van der Waals surface area contributed by atoms with Crippen LogP contribution in [0, 0.1) is 17.8 Å². The average Bonchev–Trinajstić information content (AvgIpc) is 0.855. The number of carbonyl (C=O) groups excluding carboxylic acids is 15. The van der Waals surface area contributed by atoms with Crippen molar-refractivity contribution in [1.29, 1.82) is 0 Å². The van der Waals surface area contributed by atoms with Crippen LogP contribution in [0.1, 0.15) is 190 Å². The Morgan fingerprint density at radius 2 is 1.11 bits per heavy atom. The zero-order chi connectivity index (χ0) is 79.8. The summed E-state index contributed by atoms with van der Waals surface area (Å²) in [7, 11) is 0. The van der Waals surface area contributed by atoms with Crippen LogP contribution in [0.15, 0.2) is 35.3 Å². The Morgan fingerprint density at radius 1 is 0.585 bits per heavy atom. The maximum atomic E-state index is 14.7. The molecule has 2 rings (SSSR count). The molecule has 1 aromatic carbocycles. The summed E-state index contributed by atoms with van der Waals surface area (Å²) in [4.78, 5) is 223. The highest BCUT2D eigenvalue weighted by molar-refractivity contribution is 6.00. The molecule has 1 aliphatic heterocycles. The molecule has 0 radical (unpaired) electrons. The predicted octanol–water partition coefficient (Wildman–Crippen LogP) is -3.10. The molecule has 1 fully saturated rings. The Morgan fingerprint density at radius 3 is 1.64 bits per heavy atom. The number of carboxylic acid groups (broad SMARTS) is 1. The Hall–Kier alpha value is -10.0. The number of amides is 15. The molecule has 0 spiro atoms. The van der Waals surface area contributed by atoms with Gasteiger partial charge < -0.3 is 103 Å². The summed E-state index contributed by atoms with van der Waals surface area (Å²) in [6, 6.07) is -8.56. The molecule has 0 unspecified atom stereocenters. The number of aliphatic carboxylic acids is 1. The van der Waals surface area contributed by atoms with Crippen molar-refractivity contribution < 1.29 is 81.8 Å². The van der Waals surface area contributed by atoms with Crippen molar-refractivity contribution in [3.8, 4) is 0 Å². The number of aliphatic imine (C=N–C) groups is 1. The van der Waals surface area contributed by atoms with Gasteiger partial charge in [0.05, 0.1) is 6.42 Å². The minimum absolute atomic E-state index is 0.00590. The number of primary amides is 2. The summed E-state index contributed by atoms with van der Waals surface area (Å²) in [5.41, 5.74) is 28.9. The quantitative estimate of drug-likeness (QED) is 0.0175. The minimum Gasteiger partial charge on any atom is -0.481 e. The Bertz CT molecular complexity index is 3160. The van der Waals surface area contributed by atoms with Crippen molar-refractivity contribution in [2.75, 3.05) is 19.6 Å². The van der Waals surface area contributed by atoms with E-state index in [1.54, 1.807) is 71.9 Å². The Kier molecular flexibility index (Phi) is 42.5. The number of nitrogens with two attached hydrogens (primary N) is 5. The van der Waals surface area contributed by atoms with Gasteiger partial charge in [0.1, 0.15) is 72.5 Å². The van der Waals surface area contributed by atoms with Crippen LogP contribution in [0.25, 0.3) is 0 Å². The predicted molar refractivity (Wildman–Crippen MR) is 391 cm³/mol. The lowest BCUT2D eigenvalue weighted by molar-refractivity contribution is -0.139. The van der Waals surface area contributed by atoms with Crippen LogP contribution in [0.5, 0.6) is 0 Å². The van der Waals surface area contributed by atoms with E-state index in [9.17, 15) is 81.8 Å². The minimum atomic E-state index is -1.85. The molecule has 24 N–H and O–H groups in total. The first-order chi connectivity index (χ1) is 50.0. The fourth-order valence-corrected chi connectivity index (χ4v) is 11.3. The Labute approximate surface area is 619 Å². The number of hydrogen-bond donors (Lipinski definition) is 19. The van der Waals surface area contributed by atoms with Crippen LogP contribution in [-0.4, -0.2) is 198 Å². The van der Waals surface area contributed by atoms with Crippen LogP contribution < -0.4 is 97.8 Å². The smallest absolute Gasteiger partial charge is 0.303 e. The van der Waals surface area contributed by atoms with Crippen molar-refractivity contribution in [2.45, 2.75) is 263 Å². The van der Waals surface area contributed by atoms with E-state index in [1.165, 1.54) is 13.8 Å². The third-order valence-corrected chi connectivity index (χ3v) is 17.8. The molecule has 14 atom stereocenters. The standard InChI is InChI=1S/C70H117N19O17/c1-10-13-24-44(61(98)84-49(29-31-55(93)94)65(102)89-57(40(7)12-3)69(106)88-56(58(73)95)39(6)11-2)81-66(103)50(35-38(4)5)86-63(100)45(25-17-19-32-71)80-62(99)47(27-21-34-77-70(74)75)83-68(105)52(37-53(72)91)87-64(101)46-26-18-20-33-76-54(92)30-28-48(79-42(9)90)60(97)78-41(8)59(96)85-51(67(104)82-46)36-43-22-15-14-16-23-43/h14-16,22-23,38-41,44-52,56-57H,10-13,17-21,24-37,71H2,1-9H3,(H2,72,91)(H2,73,95)(H,76,92)(H,78,97)(H,79,90)(H,80,99)(H,81,103)(H,82,104)(H,83,105)(H,84,98)(H,85,96)(H,86,100)(H,87,101)(H,88,106)(H,89,102)(H,93,94)(H4,74,75,77)/t39-,40-,41-,44-,45-,46-,47-,48-,49-,50-,51-,52-,56-,57-/m0/s1. The van der Waals surface area contributed by atoms with Gasteiger partial charge in [-0.3, -0.25) is 81.7 Å². The molecule has 15 amide bonds. The molecule has 0 bridgehead atoms. The van der Waals surface area contributed by atoms with E-state index in [0.29, 0.717) is 37.7 Å². The van der Waals surface area contributed by atoms with E-state index in [2.05, 4.69) is 74.1 Å². The average molecular weight is 1500 g/mol. The third-order valence-electron chi connectivity index (χ3n) is 17.8. The van der Waals surface area contributed by atoms with E-state index in [1.807, 2.05) is 6.92 Å². The molecular formula is C70H117N19O17. The number of guanidine groups is 1. The molecule has 1 heterocycles. The first-order valence-corrected chi connectivity index (χ1v) is 36.5. The number of benzene rings is 1. The van der Waals surface area contributed by atoms with Crippen molar-refractivity contribution in [3.63, 3.8) is 0 Å². The van der Waals surface area contributed by atoms with Gasteiger partial charge in [-0.05, 0) is 114 Å². The molecule has 36 heteroatoms. The van der Waals surface area contributed by atoms with Gasteiger partial charge in [-0.15, -0.1) is 0 Å². The molecule has 106 heavy (non-hydrogen) atoms. The molecule has 1 aliphatic rings. The summed E-state index contributed by atoms with van der Waals surface area (Å²) in [6.07, 6.45) is -0.273. The third kappa shape index (κ3) is 35.2. The highest BCUT2D eigenvalue weighted by Gasteiger charge is 2.39. The normalized spacial score (nSPS) is 18.9. The molecule has 0 saturated carbocycles. The topological polar surface area (TPSA) is 592 Å². The molecule has 36 nitrogen and oxygen atoms in total. The maximum absolute atomic E-state index is 14.7. The van der Waals surface area contributed by atoms with Gasteiger partial charge in [-0.2, -0.15) is 0 Å². The first-order valence-electron chi connectivity index (χ1n) is 36.5. The van der Waals surface area contributed by atoms with Crippen LogP contribution in [0.2, 0.25) is 0 Å². The lowest BCUT2D eigenvalue weighted by Gasteiger charge is -2.30. The lowest BCUT2D eigenvalue weighted by Crippen LogP contribution is -2.61. The SMILES string of the molecule is CCCC[C@H](NC(=O)[C@H](CC(C)C)NC(=O)[C@H](CCCCN)NC(=O)[C@H](CCCN=C(N)N)NC(=O)[C@H](CC(N)=O)NC(=O)[C@@H]1CCCCNC(=O)CC[C@H](NC(C)=O)C(=O)N[C@@H](C)C(=O)N[C@@H](Cc2ccccc2)C(=O)N1)C(=O)N[C@@H](CCC(=O)O)C(=O)N[C@H](C(=O)N[C@H](C(N)=O)[C@@H](C)CC)[C@@H](C)CC. The number of hydrogen-bond acceptors (Lipinski definition) is 18. The number of nitrogens with zero attached hydrogens (tertiary/aromatic N) is 1. The van der Waals surface area contributed by atoms with Crippen molar-refractivity contribution in [1.82, 2.24) is 69.1 Å². The van der Waals surface area contributed by atoms with Gasteiger partial charge in [-0.25, -0.2) is 0 Å². The van der Waals surface area contributed by atoms with Gasteiger partial charge in [-0.1, -0.05) is 104 Å². The largest absolute Gasteiger partial charge is 0.481 e. The van der Waals surface area contributed by atoms with Crippen LogP contribution in [0.4, 0.5) is 0 Å². The molecule has 594 valence electrons. The zero-order valence-corrected chi connectivity index (χ0v) is 62.6. The maximum Gasteiger partial charge on any atom is 0.303 e. The van der Waals surface area contributed by atoms with E-state index in [0.717, 1.165) is 0 Å². The second-order valence-corrected chi connectivity index (χ2v) is 27.3. The van der Waals surface area contributed by atoms with Crippen LogP contribution in [0.3, 0.4) is 0 Å². The first kappa shape index (κ1) is 92.1. The fourth-order valence-electron chi connectivity index (χ4n) is 11.3. The van der Waals surface area contributed by atoms with Crippen molar-refractivity contribution in [2.24, 2.45) is 51.4 Å². The highest BCUT2D eigenvalue weighted by Crippen LogP contribution is 2.17. The molecule has 1 aromatic rings. The molecule has 0 aromatic heterocycles.